The standard InChI is InChI=1S/C24H20GeN6O/c1-25(2,3)15-12-13-17-18-10-7-11-19(21(18)32-20(17)14-15)23-26-22-24(28-30-29-27-22)31(23)16-8-5-4-6-9-16/h4-14H,1-3H3. The molecule has 156 valence electrons. The van der Waals surface area contributed by atoms with Crippen LogP contribution in [-0.2, 0) is 0 Å². The van der Waals surface area contributed by atoms with Crippen molar-refractivity contribution in [1.29, 1.82) is 0 Å². The molecule has 6 rings (SSSR count). The van der Waals surface area contributed by atoms with E-state index in [1.807, 2.05) is 47.0 Å². The van der Waals surface area contributed by atoms with E-state index >= 15 is 0 Å². The van der Waals surface area contributed by atoms with Gasteiger partial charge in [0.25, 0.3) is 0 Å². The van der Waals surface area contributed by atoms with Crippen LogP contribution in [0.15, 0.2) is 71.1 Å². The first-order valence-electron chi connectivity index (χ1n) is 10.5. The van der Waals surface area contributed by atoms with Crippen molar-refractivity contribution in [1.82, 2.24) is 30.2 Å². The van der Waals surface area contributed by atoms with Gasteiger partial charge in [0.15, 0.2) is 0 Å². The molecule has 3 aromatic carbocycles. The van der Waals surface area contributed by atoms with Crippen molar-refractivity contribution >= 4 is 50.9 Å². The Bertz CT molecular complexity index is 1610. The fraction of sp³-hybridized carbons (Fsp3) is 0.125. The predicted octanol–water partition coefficient (Wildman–Crippen LogP) is 4.72. The van der Waals surface area contributed by atoms with Crippen molar-refractivity contribution in [3.8, 4) is 17.1 Å². The van der Waals surface area contributed by atoms with Crippen molar-refractivity contribution in [3.63, 3.8) is 0 Å². The molecular weight excluding hydrogens is 461 g/mol. The van der Waals surface area contributed by atoms with Crippen LogP contribution < -0.4 is 4.40 Å². The topological polar surface area (TPSA) is 82.5 Å². The van der Waals surface area contributed by atoms with Crippen LogP contribution >= 0.6 is 0 Å². The molecule has 0 spiro atoms. The summed E-state index contributed by atoms with van der Waals surface area (Å²) in [5.74, 6) is 7.86. The molecule has 0 atom stereocenters. The van der Waals surface area contributed by atoms with Gasteiger partial charge in [-0.1, -0.05) is 0 Å². The Morgan fingerprint density at radius 2 is 1.62 bits per heavy atom. The number of furan rings is 1. The van der Waals surface area contributed by atoms with Crippen molar-refractivity contribution in [2.45, 2.75) is 17.3 Å². The van der Waals surface area contributed by atoms with Gasteiger partial charge in [0.1, 0.15) is 0 Å². The van der Waals surface area contributed by atoms with E-state index < -0.39 is 13.3 Å². The molecule has 0 aliphatic carbocycles. The van der Waals surface area contributed by atoms with E-state index in [0.29, 0.717) is 17.1 Å². The normalized spacial score (nSPS) is 12.2. The summed E-state index contributed by atoms with van der Waals surface area (Å²) < 4.78 is 9.84. The average molecular weight is 481 g/mol. The summed E-state index contributed by atoms with van der Waals surface area (Å²) >= 11 is -1.98. The first-order valence-corrected chi connectivity index (χ1v) is 17.8. The van der Waals surface area contributed by atoms with Gasteiger partial charge in [0.05, 0.1) is 0 Å². The Labute approximate surface area is 186 Å². The van der Waals surface area contributed by atoms with Gasteiger partial charge in [-0.2, -0.15) is 0 Å². The van der Waals surface area contributed by atoms with Crippen molar-refractivity contribution in [2.24, 2.45) is 0 Å². The third-order valence-corrected chi connectivity index (χ3v) is 10.1. The molecule has 0 amide bonds. The van der Waals surface area contributed by atoms with Gasteiger partial charge >= 0.3 is 187 Å². The zero-order valence-corrected chi connectivity index (χ0v) is 20.0. The van der Waals surface area contributed by atoms with Crippen LogP contribution in [0.5, 0.6) is 0 Å². The zero-order chi connectivity index (χ0) is 21.9. The molecule has 0 unspecified atom stereocenters. The summed E-state index contributed by atoms with van der Waals surface area (Å²) in [6, 6.07) is 22.8. The molecule has 0 aliphatic rings. The average Bonchev–Trinajstić information content (AvgIpc) is 3.37. The van der Waals surface area contributed by atoms with Crippen molar-refractivity contribution < 1.29 is 4.42 Å². The molecule has 0 fully saturated rings. The van der Waals surface area contributed by atoms with Crippen LogP contribution in [0, 0.1) is 0 Å². The van der Waals surface area contributed by atoms with Crippen LogP contribution in [0.1, 0.15) is 0 Å². The second kappa shape index (κ2) is 6.96. The monoisotopic (exact) mass is 482 g/mol. The van der Waals surface area contributed by atoms with E-state index in [1.165, 1.54) is 4.40 Å². The minimum absolute atomic E-state index is 0.440. The Kier molecular flexibility index (Phi) is 4.16. The summed E-state index contributed by atoms with van der Waals surface area (Å²) in [7, 11) is 0. The number of hydrogen-bond donors (Lipinski definition) is 0. The summed E-state index contributed by atoms with van der Waals surface area (Å²) in [6.45, 7) is 0. The Morgan fingerprint density at radius 3 is 2.44 bits per heavy atom. The quantitative estimate of drug-likeness (QED) is 0.341. The second-order valence-electron chi connectivity index (χ2n) is 8.88. The van der Waals surface area contributed by atoms with E-state index in [1.54, 1.807) is 0 Å². The van der Waals surface area contributed by atoms with Crippen LogP contribution in [0.2, 0.25) is 17.3 Å². The number of imidazole rings is 1. The van der Waals surface area contributed by atoms with Crippen molar-refractivity contribution in [2.75, 3.05) is 0 Å². The first kappa shape index (κ1) is 19.1. The number of para-hydroxylation sites is 2. The van der Waals surface area contributed by atoms with Crippen LogP contribution in [0.4, 0.5) is 0 Å². The molecule has 8 heteroatoms. The summed E-state index contributed by atoms with van der Waals surface area (Å²) in [6.07, 6.45) is 0. The fourth-order valence-corrected chi connectivity index (χ4v) is 6.53. The van der Waals surface area contributed by atoms with Gasteiger partial charge in [0.2, 0.25) is 0 Å². The molecule has 3 aromatic heterocycles. The van der Waals surface area contributed by atoms with Gasteiger partial charge in [-0.05, 0) is 0 Å². The summed E-state index contributed by atoms with van der Waals surface area (Å²) in [5, 5.41) is 17.9. The Hall–Kier alpha value is -3.59. The molecule has 0 saturated heterocycles. The fourth-order valence-electron chi connectivity index (χ4n) is 4.13. The van der Waals surface area contributed by atoms with E-state index in [-0.39, 0.29) is 0 Å². The zero-order valence-electron chi connectivity index (χ0n) is 17.9. The Balaban J connectivity index is 1.67. The molecule has 7 nitrogen and oxygen atoms in total. The molecule has 0 bridgehead atoms. The second-order valence-corrected chi connectivity index (χ2v) is 19.5. The SMILES string of the molecule is [CH3][Ge]([CH3])([CH3])[c]1ccc2c(c1)oc1c(-c3nc4nnnnc4n3-c3ccccc3)cccc12. The number of fused-ring (bicyclic) bond motifs is 4. The predicted molar refractivity (Wildman–Crippen MR) is 128 cm³/mol. The molecule has 0 radical (unpaired) electrons. The summed E-state index contributed by atoms with van der Waals surface area (Å²) in [5.41, 5.74) is 4.50. The maximum atomic E-state index is 6.47. The molecule has 3 heterocycles. The van der Waals surface area contributed by atoms with Gasteiger partial charge in [-0.3, -0.25) is 0 Å². The van der Waals surface area contributed by atoms with E-state index in [4.69, 9.17) is 9.40 Å². The molecule has 0 saturated carbocycles. The molecule has 0 aliphatic heterocycles. The third kappa shape index (κ3) is 2.92. The van der Waals surface area contributed by atoms with E-state index in [9.17, 15) is 0 Å². The van der Waals surface area contributed by atoms with E-state index in [2.05, 4.69) is 62.2 Å². The van der Waals surface area contributed by atoms with Gasteiger partial charge in [-0.25, -0.2) is 0 Å². The number of hydrogen-bond acceptors (Lipinski definition) is 6. The first-order chi connectivity index (χ1) is 15.5. The molecule has 32 heavy (non-hydrogen) atoms. The van der Waals surface area contributed by atoms with Gasteiger partial charge < -0.3 is 0 Å². The van der Waals surface area contributed by atoms with Crippen LogP contribution in [-0.4, -0.2) is 43.4 Å². The van der Waals surface area contributed by atoms with E-state index in [0.717, 1.165) is 33.2 Å². The Morgan fingerprint density at radius 1 is 0.812 bits per heavy atom. The van der Waals surface area contributed by atoms with Crippen LogP contribution in [0.3, 0.4) is 0 Å². The van der Waals surface area contributed by atoms with Crippen LogP contribution in [0.25, 0.3) is 50.3 Å². The third-order valence-electron chi connectivity index (χ3n) is 5.77. The number of aromatic nitrogens is 6. The number of rotatable bonds is 3. The maximum absolute atomic E-state index is 6.47. The summed E-state index contributed by atoms with van der Waals surface area (Å²) in [4.78, 5) is 4.77. The molecular formula is C24H20GeN6O. The van der Waals surface area contributed by atoms with Gasteiger partial charge in [0, 0.05) is 0 Å². The van der Waals surface area contributed by atoms with Crippen molar-refractivity contribution in [3.05, 3.63) is 66.7 Å². The molecule has 0 N–H and O–H groups in total. The number of benzene rings is 3. The molecule has 6 aromatic rings. The number of nitrogens with zero attached hydrogens (tertiary/aromatic N) is 6. The van der Waals surface area contributed by atoms with Gasteiger partial charge in [-0.15, -0.1) is 0 Å². The minimum atomic E-state index is -1.98.